The molecule has 1 aromatic rings. The van der Waals surface area contributed by atoms with Gasteiger partial charge in [0.15, 0.2) is 6.10 Å². The summed E-state index contributed by atoms with van der Waals surface area (Å²) in [5, 5.41) is 5.12. The molecule has 1 saturated heterocycles. The molecule has 184 valence electrons. The van der Waals surface area contributed by atoms with E-state index < -0.39 is 43.2 Å². The number of carbonyl (C=O) groups is 3. The van der Waals surface area contributed by atoms with Crippen molar-refractivity contribution in [2.75, 3.05) is 26.9 Å². The topological polar surface area (TPSA) is 129 Å². The van der Waals surface area contributed by atoms with Crippen LogP contribution >= 0.6 is 7.75 Å². The van der Waals surface area contributed by atoms with Crippen molar-refractivity contribution in [1.29, 1.82) is 0 Å². The summed E-state index contributed by atoms with van der Waals surface area (Å²) >= 11 is 0. The van der Waals surface area contributed by atoms with Crippen molar-refractivity contribution < 1.29 is 37.5 Å². The van der Waals surface area contributed by atoms with Gasteiger partial charge in [0.2, 0.25) is 5.91 Å². The number of methoxy groups -OCH3 is 1. The maximum Gasteiger partial charge on any atom is 0.407 e. The van der Waals surface area contributed by atoms with Gasteiger partial charge in [-0.25, -0.2) is 9.65 Å². The van der Waals surface area contributed by atoms with Crippen molar-refractivity contribution >= 4 is 25.6 Å². The SMILES string of the molecule is COC(=O)CCNC(=O)[C@@H]1OP(=O)(NC(C)C(=O)OCCCc2ccccc2)OCC1(C)C. The predicted molar refractivity (Wildman–Crippen MR) is 120 cm³/mol. The second-order valence-corrected chi connectivity index (χ2v) is 10.2. The highest BCUT2D eigenvalue weighted by Crippen LogP contribution is 2.53. The highest BCUT2D eigenvalue weighted by Gasteiger charge is 2.48. The lowest BCUT2D eigenvalue weighted by Gasteiger charge is -2.40. The van der Waals surface area contributed by atoms with Crippen LogP contribution in [0.4, 0.5) is 0 Å². The first-order valence-corrected chi connectivity index (χ1v) is 12.4. The fourth-order valence-electron chi connectivity index (χ4n) is 3.10. The van der Waals surface area contributed by atoms with E-state index in [4.69, 9.17) is 13.8 Å². The summed E-state index contributed by atoms with van der Waals surface area (Å²) < 4.78 is 33.8. The Kier molecular flexibility index (Phi) is 10.0. The molecule has 0 aliphatic carbocycles. The highest BCUT2D eigenvalue weighted by atomic mass is 31.2. The smallest absolute Gasteiger partial charge is 0.407 e. The fourth-order valence-corrected chi connectivity index (χ4v) is 5.04. The highest BCUT2D eigenvalue weighted by molar-refractivity contribution is 7.51. The van der Waals surface area contributed by atoms with Gasteiger partial charge in [-0.05, 0) is 25.3 Å². The van der Waals surface area contributed by atoms with E-state index in [1.165, 1.54) is 14.0 Å². The van der Waals surface area contributed by atoms with Crippen LogP contribution in [0.1, 0.15) is 39.2 Å². The molecule has 1 aliphatic heterocycles. The van der Waals surface area contributed by atoms with E-state index in [0.717, 1.165) is 12.0 Å². The Morgan fingerprint density at radius 1 is 1.24 bits per heavy atom. The van der Waals surface area contributed by atoms with Gasteiger partial charge in [-0.1, -0.05) is 44.2 Å². The van der Waals surface area contributed by atoms with Gasteiger partial charge in [0.05, 0.1) is 26.7 Å². The molecule has 2 rings (SSSR count). The molecule has 2 unspecified atom stereocenters. The number of ether oxygens (including phenoxy) is 2. The third kappa shape index (κ3) is 8.55. The number of carbonyl (C=O) groups excluding carboxylic acids is 3. The van der Waals surface area contributed by atoms with Crippen molar-refractivity contribution in [3.63, 3.8) is 0 Å². The summed E-state index contributed by atoms with van der Waals surface area (Å²) in [4.78, 5) is 36.1. The van der Waals surface area contributed by atoms with E-state index in [1.807, 2.05) is 30.3 Å². The number of hydrogen-bond acceptors (Lipinski definition) is 8. The van der Waals surface area contributed by atoms with Crippen LogP contribution in [0.2, 0.25) is 0 Å². The number of hydrogen-bond donors (Lipinski definition) is 2. The summed E-state index contributed by atoms with van der Waals surface area (Å²) in [6.45, 7) is 5.16. The molecule has 2 N–H and O–H groups in total. The van der Waals surface area contributed by atoms with Crippen LogP contribution in [-0.4, -0.2) is 56.9 Å². The largest absolute Gasteiger partial charge is 0.469 e. The summed E-state index contributed by atoms with van der Waals surface area (Å²) in [6, 6.07) is 8.85. The molecular weight excluding hydrogens is 451 g/mol. The first kappa shape index (κ1) is 27.0. The third-order valence-electron chi connectivity index (χ3n) is 5.06. The molecule has 1 heterocycles. The molecule has 0 aromatic heterocycles. The van der Waals surface area contributed by atoms with Gasteiger partial charge >= 0.3 is 19.7 Å². The minimum atomic E-state index is -3.96. The quantitative estimate of drug-likeness (QED) is 0.276. The summed E-state index contributed by atoms with van der Waals surface area (Å²) in [7, 11) is -2.70. The van der Waals surface area contributed by atoms with E-state index in [2.05, 4.69) is 15.1 Å². The molecule has 11 heteroatoms. The summed E-state index contributed by atoms with van der Waals surface area (Å²) in [5.41, 5.74) is 0.359. The number of aryl methyl sites for hydroxylation is 1. The van der Waals surface area contributed by atoms with E-state index >= 15 is 0 Å². The Bertz CT molecular complexity index is 861. The van der Waals surface area contributed by atoms with Crippen LogP contribution in [0.3, 0.4) is 0 Å². The first-order chi connectivity index (χ1) is 15.6. The Hall–Kier alpha value is -2.26. The van der Waals surface area contributed by atoms with Crippen LogP contribution in [0.15, 0.2) is 30.3 Å². The molecule has 1 amide bonds. The minimum Gasteiger partial charge on any atom is -0.469 e. The number of amides is 1. The molecule has 1 aliphatic rings. The van der Waals surface area contributed by atoms with Gasteiger partial charge in [-0.15, -0.1) is 0 Å². The summed E-state index contributed by atoms with van der Waals surface area (Å²) in [6.07, 6.45) is 0.295. The molecule has 10 nitrogen and oxygen atoms in total. The number of rotatable bonds is 11. The normalized spacial score (nSPS) is 22.7. The average molecular weight is 484 g/mol. The maximum atomic E-state index is 13.1. The minimum absolute atomic E-state index is 0.00501. The van der Waals surface area contributed by atoms with Crippen LogP contribution < -0.4 is 10.4 Å². The zero-order valence-electron chi connectivity index (χ0n) is 19.5. The van der Waals surface area contributed by atoms with Gasteiger partial charge in [-0.2, -0.15) is 0 Å². The predicted octanol–water partition coefficient (Wildman–Crippen LogP) is 2.37. The van der Waals surface area contributed by atoms with Crippen molar-refractivity contribution in [2.45, 2.75) is 52.2 Å². The molecule has 0 radical (unpaired) electrons. The zero-order chi connectivity index (χ0) is 24.5. The van der Waals surface area contributed by atoms with E-state index in [0.29, 0.717) is 6.42 Å². The van der Waals surface area contributed by atoms with Crippen LogP contribution in [0, 0.1) is 5.41 Å². The molecule has 3 atom stereocenters. The Morgan fingerprint density at radius 3 is 2.61 bits per heavy atom. The van der Waals surface area contributed by atoms with Gasteiger partial charge in [-0.3, -0.25) is 23.4 Å². The molecule has 33 heavy (non-hydrogen) atoms. The van der Waals surface area contributed by atoms with Crippen molar-refractivity contribution in [2.24, 2.45) is 5.41 Å². The zero-order valence-corrected chi connectivity index (χ0v) is 20.4. The summed E-state index contributed by atoms with van der Waals surface area (Å²) in [5.74, 6) is -1.61. The molecule has 1 aromatic carbocycles. The lowest BCUT2D eigenvalue weighted by Crippen LogP contribution is -2.51. The lowest BCUT2D eigenvalue weighted by atomic mass is 9.87. The van der Waals surface area contributed by atoms with E-state index in [-0.39, 0.29) is 26.2 Å². The van der Waals surface area contributed by atoms with Gasteiger partial charge < -0.3 is 14.8 Å². The van der Waals surface area contributed by atoms with Crippen LogP contribution in [0.25, 0.3) is 0 Å². The molecule has 1 fully saturated rings. The van der Waals surface area contributed by atoms with Gasteiger partial charge in [0.25, 0.3) is 0 Å². The first-order valence-electron chi connectivity index (χ1n) is 10.8. The van der Waals surface area contributed by atoms with Crippen molar-refractivity contribution in [3.8, 4) is 0 Å². The van der Waals surface area contributed by atoms with Gasteiger partial charge in [0.1, 0.15) is 6.04 Å². The maximum absolute atomic E-state index is 13.1. The Morgan fingerprint density at radius 2 is 1.94 bits per heavy atom. The van der Waals surface area contributed by atoms with E-state index in [9.17, 15) is 18.9 Å². The second-order valence-electron chi connectivity index (χ2n) is 8.47. The van der Waals surface area contributed by atoms with Crippen molar-refractivity contribution in [3.05, 3.63) is 35.9 Å². The standard InChI is InChI=1S/C22H33N2O8P/c1-16(21(27)30-14-8-11-17-9-6-5-7-10-17)24-33(28)31-15-22(2,3)19(32-33)20(26)23-13-12-18(25)29-4/h5-7,9-10,16,19H,8,11-15H2,1-4H3,(H,23,26)(H,24,28)/t16?,19-,33?/m0/s1. The third-order valence-corrected chi connectivity index (χ3v) is 6.72. The second kappa shape index (κ2) is 12.3. The van der Waals surface area contributed by atoms with E-state index in [1.54, 1.807) is 13.8 Å². The Labute approximate surface area is 194 Å². The molecular formula is C22H33N2O8P. The Balaban J connectivity index is 1.84. The number of nitrogens with one attached hydrogen (secondary N) is 2. The molecule has 0 saturated carbocycles. The molecule has 0 bridgehead atoms. The van der Waals surface area contributed by atoms with Crippen LogP contribution in [-0.2, 0) is 43.9 Å². The average Bonchev–Trinajstić information content (AvgIpc) is 2.78. The van der Waals surface area contributed by atoms with Crippen LogP contribution in [0.5, 0.6) is 0 Å². The fraction of sp³-hybridized carbons (Fsp3) is 0.591. The number of benzene rings is 1. The molecule has 0 spiro atoms. The number of esters is 2. The lowest BCUT2D eigenvalue weighted by molar-refractivity contribution is -0.145. The monoisotopic (exact) mass is 484 g/mol. The van der Waals surface area contributed by atoms with Crippen molar-refractivity contribution in [1.82, 2.24) is 10.4 Å². The van der Waals surface area contributed by atoms with Gasteiger partial charge in [0, 0.05) is 12.0 Å².